The largest absolute Gasteiger partial charge is 0.486 e. The lowest BCUT2D eigenvalue weighted by molar-refractivity contribution is 0.104. The van der Waals surface area contributed by atoms with Gasteiger partial charge in [-0.1, -0.05) is 18.2 Å². The predicted molar refractivity (Wildman–Crippen MR) is 77.2 cm³/mol. The zero-order chi connectivity index (χ0) is 14.7. The van der Waals surface area contributed by atoms with Crippen molar-refractivity contribution in [1.82, 2.24) is 0 Å². The summed E-state index contributed by atoms with van der Waals surface area (Å²) in [7, 11) is 0. The highest BCUT2D eigenvalue weighted by atomic mass is 19.1. The number of rotatable bonds is 3. The van der Waals surface area contributed by atoms with E-state index < -0.39 is 0 Å². The molecule has 0 bridgehead atoms. The van der Waals surface area contributed by atoms with Gasteiger partial charge in [0.1, 0.15) is 19.0 Å². The van der Waals surface area contributed by atoms with Crippen molar-refractivity contribution >= 4 is 11.9 Å². The topological polar surface area (TPSA) is 35.5 Å². The van der Waals surface area contributed by atoms with Crippen LogP contribution in [0.25, 0.3) is 6.08 Å². The molecule has 2 aromatic rings. The van der Waals surface area contributed by atoms with E-state index in [1.807, 2.05) is 0 Å². The van der Waals surface area contributed by atoms with E-state index in [1.54, 1.807) is 36.4 Å². The summed E-state index contributed by atoms with van der Waals surface area (Å²) >= 11 is 0. The van der Waals surface area contributed by atoms with E-state index in [0.29, 0.717) is 35.8 Å². The fraction of sp³-hybridized carbons (Fsp3) is 0.118. The molecule has 3 rings (SSSR count). The molecule has 21 heavy (non-hydrogen) atoms. The molecular formula is C17H13FO3. The zero-order valence-corrected chi connectivity index (χ0v) is 11.2. The maximum Gasteiger partial charge on any atom is 0.185 e. The Labute approximate surface area is 121 Å². The second-order valence-electron chi connectivity index (χ2n) is 4.61. The summed E-state index contributed by atoms with van der Waals surface area (Å²) in [6, 6.07) is 11.1. The molecule has 0 saturated heterocycles. The first-order chi connectivity index (χ1) is 10.2. The van der Waals surface area contributed by atoms with Gasteiger partial charge >= 0.3 is 0 Å². The quantitative estimate of drug-likeness (QED) is 0.639. The van der Waals surface area contributed by atoms with E-state index >= 15 is 0 Å². The van der Waals surface area contributed by atoms with Gasteiger partial charge in [0.2, 0.25) is 0 Å². The third-order valence-corrected chi connectivity index (χ3v) is 3.10. The number of hydrogen-bond acceptors (Lipinski definition) is 3. The number of halogens is 1. The standard InChI is InChI=1S/C17H13FO3/c18-14-3-1-2-12(10-14)4-6-15(19)13-5-7-16-17(11-13)21-9-8-20-16/h1-7,10-11H,8-9H2. The second-order valence-corrected chi connectivity index (χ2v) is 4.61. The van der Waals surface area contributed by atoms with E-state index in [0.717, 1.165) is 0 Å². The lowest BCUT2D eigenvalue weighted by Crippen LogP contribution is -2.15. The Hall–Kier alpha value is -2.62. The summed E-state index contributed by atoms with van der Waals surface area (Å²) in [5.74, 6) is 0.721. The smallest absolute Gasteiger partial charge is 0.185 e. The minimum atomic E-state index is -0.330. The first kappa shape index (κ1) is 13.4. The van der Waals surface area contributed by atoms with Crippen molar-refractivity contribution < 1.29 is 18.7 Å². The van der Waals surface area contributed by atoms with Gasteiger partial charge in [0.15, 0.2) is 17.3 Å². The summed E-state index contributed by atoms with van der Waals surface area (Å²) in [6.45, 7) is 0.990. The number of carbonyl (C=O) groups excluding carboxylic acids is 1. The normalized spacial score (nSPS) is 13.4. The van der Waals surface area contributed by atoms with Gasteiger partial charge in [-0.15, -0.1) is 0 Å². The first-order valence-electron chi connectivity index (χ1n) is 6.60. The Morgan fingerprint density at radius 3 is 2.67 bits per heavy atom. The van der Waals surface area contributed by atoms with E-state index in [1.165, 1.54) is 18.2 Å². The summed E-state index contributed by atoms with van der Waals surface area (Å²) < 4.78 is 23.9. The van der Waals surface area contributed by atoms with Gasteiger partial charge in [0.25, 0.3) is 0 Å². The SMILES string of the molecule is O=C(C=Cc1cccc(F)c1)c1ccc2c(c1)OCCO2. The molecule has 1 aliphatic heterocycles. The van der Waals surface area contributed by atoms with Crippen molar-refractivity contribution in [2.24, 2.45) is 0 Å². The van der Waals surface area contributed by atoms with Crippen LogP contribution in [0.2, 0.25) is 0 Å². The average Bonchev–Trinajstić information content (AvgIpc) is 2.52. The van der Waals surface area contributed by atoms with Gasteiger partial charge in [-0.25, -0.2) is 4.39 Å². The minimum absolute atomic E-state index is 0.170. The van der Waals surface area contributed by atoms with E-state index in [2.05, 4.69) is 0 Å². The fourth-order valence-electron chi connectivity index (χ4n) is 2.08. The van der Waals surface area contributed by atoms with Crippen LogP contribution < -0.4 is 9.47 Å². The van der Waals surface area contributed by atoms with E-state index in [4.69, 9.17) is 9.47 Å². The van der Waals surface area contributed by atoms with Crippen LogP contribution in [0.5, 0.6) is 11.5 Å². The van der Waals surface area contributed by atoms with Crippen LogP contribution in [-0.2, 0) is 0 Å². The van der Waals surface area contributed by atoms with Gasteiger partial charge in [-0.2, -0.15) is 0 Å². The highest BCUT2D eigenvalue weighted by Gasteiger charge is 2.13. The van der Waals surface area contributed by atoms with Crippen molar-refractivity contribution in [3.63, 3.8) is 0 Å². The molecule has 0 N–H and O–H groups in total. The summed E-state index contributed by atoms with van der Waals surface area (Å²) in [4.78, 5) is 12.1. The lowest BCUT2D eigenvalue weighted by atomic mass is 10.1. The van der Waals surface area contributed by atoms with Crippen LogP contribution in [0, 0.1) is 5.82 Å². The van der Waals surface area contributed by atoms with E-state index in [-0.39, 0.29) is 11.6 Å². The molecule has 0 saturated carbocycles. The molecular weight excluding hydrogens is 271 g/mol. The van der Waals surface area contributed by atoms with Gasteiger partial charge in [0.05, 0.1) is 0 Å². The highest BCUT2D eigenvalue weighted by molar-refractivity contribution is 6.07. The average molecular weight is 284 g/mol. The van der Waals surface area contributed by atoms with Crippen LogP contribution in [0.15, 0.2) is 48.5 Å². The monoisotopic (exact) mass is 284 g/mol. The van der Waals surface area contributed by atoms with Crippen molar-refractivity contribution in [2.75, 3.05) is 13.2 Å². The first-order valence-corrected chi connectivity index (χ1v) is 6.60. The lowest BCUT2D eigenvalue weighted by Gasteiger charge is -2.18. The second kappa shape index (κ2) is 5.79. The zero-order valence-electron chi connectivity index (χ0n) is 11.2. The summed E-state index contributed by atoms with van der Waals surface area (Å²) in [5.41, 5.74) is 1.15. The van der Waals surface area contributed by atoms with Gasteiger partial charge in [-0.3, -0.25) is 4.79 Å². The minimum Gasteiger partial charge on any atom is -0.486 e. The molecule has 1 aliphatic rings. The number of carbonyl (C=O) groups is 1. The molecule has 1 heterocycles. The van der Waals surface area contributed by atoms with Crippen LogP contribution in [-0.4, -0.2) is 19.0 Å². The molecule has 2 aromatic carbocycles. The molecule has 0 amide bonds. The van der Waals surface area contributed by atoms with Gasteiger partial charge in [0, 0.05) is 5.56 Å². The van der Waals surface area contributed by atoms with Crippen LogP contribution >= 0.6 is 0 Å². The molecule has 4 heteroatoms. The Balaban J connectivity index is 1.79. The number of ketones is 1. The van der Waals surface area contributed by atoms with E-state index in [9.17, 15) is 9.18 Å². The van der Waals surface area contributed by atoms with Crippen molar-refractivity contribution in [3.8, 4) is 11.5 Å². The highest BCUT2D eigenvalue weighted by Crippen LogP contribution is 2.30. The Bertz CT molecular complexity index is 707. The Morgan fingerprint density at radius 1 is 1.05 bits per heavy atom. The Morgan fingerprint density at radius 2 is 1.86 bits per heavy atom. The van der Waals surface area contributed by atoms with Crippen molar-refractivity contribution in [2.45, 2.75) is 0 Å². The molecule has 0 aromatic heterocycles. The fourth-order valence-corrected chi connectivity index (χ4v) is 2.08. The van der Waals surface area contributed by atoms with Gasteiger partial charge in [-0.05, 0) is 42.0 Å². The van der Waals surface area contributed by atoms with Gasteiger partial charge < -0.3 is 9.47 Å². The van der Waals surface area contributed by atoms with Crippen LogP contribution in [0.1, 0.15) is 15.9 Å². The number of benzene rings is 2. The third-order valence-electron chi connectivity index (χ3n) is 3.10. The number of allylic oxidation sites excluding steroid dienone is 1. The molecule has 0 atom stereocenters. The van der Waals surface area contributed by atoms with Crippen LogP contribution in [0.4, 0.5) is 4.39 Å². The molecule has 0 fully saturated rings. The Kier molecular flexibility index (Phi) is 3.69. The maximum absolute atomic E-state index is 13.1. The molecule has 0 unspecified atom stereocenters. The summed E-state index contributed by atoms with van der Waals surface area (Å²) in [5, 5.41) is 0. The summed E-state index contributed by atoms with van der Waals surface area (Å²) in [6.07, 6.45) is 3.00. The number of fused-ring (bicyclic) bond motifs is 1. The number of hydrogen-bond donors (Lipinski definition) is 0. The predicted octanol–water partition coefficient (Wildman–Crippen LogP) is 3.49. The maximum atomic E-state index is 13.1. The third kappa shape index (κ3) is 3.11. The molecule has 0 spiro atoms. The molecule has 106 valence electrons. The van der Waals surface area contributed by atoms with Crippen LogP contribution in [0.3, 0.4) is 0 Å². The molecule has 3 nitrogen and oxygen atoms in total. The van der Waals surface area contributed by atoms with Crippen molar-refractivity contribution in [3.05, 3.63) is 65.5 Å². The molecule has 0 aliphatic carbocycles. The van der Waals surface area contributed by atoms with Crippen molar-refractivity contribution in [1.29, 1.82) is 0 Å². The molecule has 0 radical (unpaired) electrons. The number of ether oxygens (including phenoxy) is 2.